The summed E-state index contributed by atoms with van der Waals surface area (Å²) in [6, 6.07) is 7.13. The number of rotatable bonds is 4. The summed E-state index contributed by atoms with van der Waals surface area (Å²) in [5, 5.41) is 11.0. The van der Waals surface area contributed by atoms with E-state index in [1.807, 2.05) is 6.07 Å². The van der Waals surface area contributed by atoms with Gasteiger partial charge in [-0.25, -0.2) is 0 Å². The van der Waals surface area contributed by atoms with Crippen LogP contribution in [0.1, 0.15) is 23.2 Å². The first-order valence-electron chi connectivity index (χ1n) is 4.85. The largest absolute Gasteiger partial charge is 0.398 e. The summed E-state index contributed by atoms with van der Waals surface area (Å²) in [6.07, 6.45) is 1.09. The van der Waals surface area contributed by atoms with Gasteiger partial charge < -0.3 is 11.1 Å². The van der Waals surface area contributed by atoms with E-state index in [0.717, 1.165) is 4.47 Å². The molecule has 4 nitrogen and oxygen atoms in total. The molecule has 0 unspecified atom stereocenters. The molecular weight excluding hydrogens is 270 g/mol. The lowest BCUT2D eigenvalue weighted by Crippen LogP contribution is -2.25. The van der Waals surface area contributed by atoms with E-state index in [0.29, 0.717) is 30.6 Å². The van der Waals surface area contributed by atoms with Crippen LogP contribution in [0, 0.1) is 11.3 Å². The van der Waals surface area contributed by atoms with E-state index in [-0.39, 0.29) is 5.91 Å². The quantitative estimate of drug-likeness (QED) is 0.655. The monoisotopic (exact) mass is 281 g/mol. The highest BCUT2D eigenvalue weighted by molar-refractivity contribution is 9.10. The number of halogens is 1. The van der Waals surface area contributed by atoms with Crippen molar-refractivity contribution < 1.29 is 4.79 Å². The fraction of sp³-hybridized carbons (Fsp3) is 0.273. The van der Waals surface area contributed by atoms with Crippen LogP contribution in [0.5, 0.6) is 0 Å². The molecule has 16 heavy (non-hydrogen) atoms. The second-order valence-corrected chi connectivity index (χ2v) is 4.16. The van der Waals surface area contributed by atoms with E-state index in [1.54, 1.807) is 18.2 Å². The minimum Gasteiger partial charge on any atom is -0.398 e. The lowest BCUT2D eigenvalue weighted by molar-refractivity contribution is 0.0954. The van der Waals surface area contributed by atoms with Gasteiger partial charge in [-0.15, -0.1) is 0 Å². The lowest BCUT2D eigenvalue weighted by Gasteiger charge is -2.06. The molecule has 84 valence electrons. The first-order chi connectivity index (χ1) is 7.65. The van der Waals surface area contributed by atoms with E-state index >= 15 is 0 Å². The van der Waals surface area contributed by atoms with Gasteiger partial charge in [-0.2, -0.15) is 5.26 Å². The second kappa shape index (κ2) is 6.13. The van der Waals surface area contributed by atoms with Gasteiger partial charge in [-0.05, 0) is 24.6 Å². The Morgan fingerprint density at radius 1 is 1.56 bits per heavy atom. The number of nitrogens with one attached hydrogen (secondary N) is 1. The van der Waals surface area contributed by atoms with Crippen molar-refractivity contribution in [2.45, 2.75) is 12.8 Å². The number of anilines is 1. The van der Waals surface area contributed by atoms with Crippen LogP contribution < -0.4 is 11.1 Å². The number of hydrogen-bond donors (Lipinski definition) is 2. The number of nitrogen functional groups attached to an aromatic ring is 1. The van der Waals surface area contributed by atoms with Gasteiger partial charge in [-0.1, -0.05) is 15.9 Å². The van der Waals surface area contributed by atoms with Crippen molar-refractivity contribution in [2.24, 2.45) is 0 Å². The highest BCUT2D eigenvalue weighted by atomic mass is 79.9. The van der Waals surface area contributed by atoms with Crippen molar-refractivity contribution in [2.75, 3.05) is 12.3 Å². The maximum Gasteiger partial charge on any atom is 0.253 e. The van der Waals surface area contributed by atoms with Crippen molar-refractivity contribution in [3.63, 3.8) is 0 Å². The Morgan fingerprint density at radius 2 is 2.31 bits per heavy atom. The molecule has 0 saturated carbocycles. The van der Waals surface area contributed by atoms with Crippen molar-refractivity contribution in [3.05, 3.63) is 28.2 Å². The summed E-state index contributed by atoms with van der Waals surface area (Å²) >= 11 is 3.27. The van der Waals surface area contributed by atoms with Gasteiger partial charge in [0.1, 0.15) is 0 Å². The number of hydrogen-bond acceptors (Lipinski definition) is 3. The molecule has 1 aromatic rings. The van der Waals surface area contributed by atoms with Gasteiger partial charge in [-0.3, -0.25) is 4.79 Å². The Bertz CT molecular complexity index is 426. The van der Waals surface area contributed by atoms with Crippen molar-refractivity contribution in [1.29, 1.82) is 5.26 Å². The smallest absolute Gasteiger partial charge is 0.253 e. The molecule has 0 aromatic heterocycles. The summed E-state index contributed by atoms with van der Waals surface area (Å²) < 4.78 is 0.839. The van der Waals surface area contributed by atoms with E-state index in [9.17, 15) is 4.79 Å². The molecule has 0 aliphatic carbocycles. The first kappa shape index (κ1) is 12.5. The highest BCUT2D eigenvalue weighted by Crippen LogP contribution is 2.18. The molecule has 0 spiro atoms. The second-order valence-electron chi connectivity index (χ2n) is 3.25. The van der Waals surface area contributed by atoms with E-state index in [4.69, 9.17) is 11.0 Å². The predicted molar refractivity (Wildman–Crippen MR) is 65.7 cm³/mol. The Balaban J connectivity index is 2.57. The van der Waals surface area contributed by atoms with Crippen molar-refractivity contribution >= 4 is 27.5 Å². The third kappa shape index (κ3) is 3.55. The normalized spacial score (nSPS) is 9.50. The number of nitrogens with zero attached hydrogens (tertiary/aromatic N) is 1. The average molecular weight is 282 g/mol. The lowest BCUT2D eigenvalue weighted by atomic mass is 10.1. The molecule has 0 bridgehead atoms. The van der Waals surface area contributed by atoms with Crippen LogP contribution in [0.4, 0.5) is 5.69 Å². The van der Waals surface area contributed by atoms with E-state index in [1.165, 1.54) is 0 Å². The Labute approximate surface area is 103 Å². The molecule has 5 heteroatoms. The predicted octanol–water partition coefficient (Wildman–Crippen LogP) is 2.06. The topological polar surface area (TPSA) is 78.9 Å². The molecule has 0 saturated heterocycles. The zero-order valence-electron chi connectivity index (χ0n) is 8.66. The first-order valence-corrected chi connectivity index (χ1v) is 5.64. The van der Waals surface area contributed by atoms with Crippen LogP contribution in [0.25, 0.3) is 0 Å². The molecule has 3 N–H and O–H groups in total. The summed E-state index contributed by atoms with van der Waals surface area (Å²) in [5.74, 6) is -0.206. The molecule has 0 aliphatic heterocycles. The van der Waals surface area contributed by atoms with Crippen LogP contribution in [0.2, 0.25) is 0 Å². The van der Waals surface area contributed by atoms with Crippen LogP contribution in [0.15, 0.2) is 22.7 Å². The van der Waals surface area contributed by atoms with Crippen molar-refractivity contribution in [1.82, 2.24) is 5.32 Å². The molecule has 0 heterocycles. The zero-order valence-corrected chi connectivity index (χ0v) is 10.3. The fourth-order valence-corrected chi connectivity index (χ4v) is 1.58. The van der Waals surface area contributed by atoms with Gasteiger partial charge in [0, 0.05) is 23.1 Å². The minimum atomic E-state index is -0.206. The number of carbonyl (C=O) groups is 1. The van der Waals surface area contributed by atoms with Crippen LogP contribution in [0.3, 0.4) is 0 Å². The van der Waals surface area contributed by atoms with Gasteiger partial charge in [0.15, 0.2) is 0 Å². The number of nitriles is 1. The molecule has 0 atom stereocenters. The average Bonchev–Trinajstić information content (AvgIpc) is 2.24. The SMILES string of the molecule is N#CCCCNC(=O)c1ccc(Br)cc1N. The van der Waals surface area contributed by atoms with Gasteiger partial charge in [0.25, 0.3) is 5.91 Å². The van der Waals surface area contributed by atoms with E-state index < -0.39 is 0 Å². The number of nitrogens with two attached hydrogens (primary N) is 1. The molecular formula is C11H12BrN3O. The number of benzene rings is 1. The van der Waals surface area contributed by atoms with Gasteiger partial charge >= 0.3 is 0 Å². The fourth-order valence-electron chi connectivity index (χ4n) is 1.20. The maximum atomic E-state index is 11.7. The molecule has 0 fully saturated rings. The van der Waals surface area contributed by atoms with Crippen LogP contribution in [-0.2, 0) is 0 Å². The number of amides is 1. The Kier molecular flexibility index (Phi) is 4.80. The minimum absolute atomic E-state index is 0.206. The highest BCUT2D eigenvalue weighted by Gasteiger charge is 2.08. The molecule has 1 amide bonds. The third-order valence-electron chi connectivity index (χ3n) is 2.01. The number of unbranched alkanes of at least 4 members (excludes halogenated alkanes) is 1. The molecule has 0 radical (unpaired) electrons. The summed E-state index contributed by atoms with van der Waals surface area (Å²) in [5.41, 5.74) is 6.61. The molecule has 1 aromatic carbocycles. The zero-order chi connectivity index (χ0) is 12.0. The third-order valence-corrected chi connectivity index (χ3v) is 2.50. The van der Waals surface area contributed by atoms with Crippen LogP contribution >= 0.6 is 15.9 Å². The molecule has 0 aliphatic rings. The summed E-state index contributed by atoms with van der Waals surface area (Å²) in [4.78, 5) is 11.7. The maximum absolute atomic E-state index is 11.7. The van der Waals surface area contributed by atoms with Gasteiger partial charge in [0.2, 0.25) is 0 Å². The van der Waals surface area contributed by atoms with Gasteiger partial charge in [0.05, 0.1) is 11.6 Å². The summed E-state index contributed by atoms with van der Waals surface area (Å²) in [6.45, 7) is 0.488. The van der Waals surface area contributed by atoms with Crippen molar-refractivity contribution in [3.8, 4) is 6.07 Å². The van der Waals surface area contributed by atoms with E-state index in [2.05, 4.69) is 21.2 Å². The van der Waals surface area contributed by atoms with Crippen LogP contribution in [-0.4, -0.2) is 12.5 Å². The Hall–Kier alpha value is -1.54. The number of carbonyl (C=O) groups excluding carboxylic acids is 1. The molecule has 1 rings (SSSR count). The standard InChI is InChI=1S/C11H12BrN3O/c12-8-3-4-9(10(14)7-8)11(16)15-6-2-1-5-13/h3-4,7H,1-2,6,14H2,(H,15,16). The Morgan fingerprint density at radius 3 is 2.94 bits per heavy atom. The summed E-state index contributed by atoms with van der Waals surface area (Å²) in [7, 11) is 0.